The molecule has 0 fully saturated rings. The van der Waals surface area contributed by atoms with Gasteiger partial charge in [-0.3, -0.25) is 0 Å². The van der Waals surface area contributed by atoms with Crippen molar-refractivity contribution in [2.45, 2.75) is 24.8 Å². The smallest absolute Gasteiger partial charge is 0.0314 e. The average Bonchev–Trinajstić information content (AvgIpc) is 2.20. The summed E-state index contributed by atoms with van der Waals surface area (Å²) in [7, 11) is 1.98. The molecule has 0 amide bonds. The first-order valence-corrected chi connectivity index (χ1v) is 6.56. The van der Waals surface area contributed by atoms with Crippen molar-refractivity contribution in [3.63, 3.8) is 0 Å². The number of thioether (sulfide) groups is 1. The molecule has 0 saturated heterocycles. The molecule has 1 nitrogen and oxygen atoms in total. The van der Waals surface area contributed by atoms with E-state index in [1.54, 1.807) is 0 Å². The predicted octanol–water partition coefficient (Wildman–Crippen LogP) is 3.84. The van der Waals surface area contributed by atoms with Crippen LogP contribution >= 0.6 is 27.7 Å². The highest BCUT2D eigenvalue weighted by atomic mass is 79.9. The molecule has 1 atom stereocenters. The maximum atomic E-state index is 3.60. The van der Waals surface area contributed by atoms with Gasteiger partial charge in [-0.25, -0.2) is 0 Å². The van der Waals surface area contributed by atoms with Gasteiger partial charge in [0.15, 0.2) is 0 Å². The van der Waals surface area contributed by atoms with Crippen LogP contribution in [-0.2, 0) is 0 Å². The van der Waals surface area contributed by atoms with E-state index < -0.39 is 0 Å². The summed E-state index contributed by atoms with van der Waals surface area (Å²) >= 11 is 5.46. The molecule has 1 rings (SSSR count). The SMILES string of the molecule is CCSc1ccc(C(C)NC)cc1Br. The van der Waals surface area contributed by atoms with Gasteiger partial charge in [0.1, 0.15) is 0 Å². The summed E-state index contributed by atoms with van der Waals surface area (Å²) in [6, 6.07) is 6.97. The number of halogens is 1. The number of benzene rings is 1. The highest BCUT2D eigenvalue weighted by Gasteiger charge is 2.05. The Morgan fingerprint density at radius 2 is 2.21 bits per heavy atom. The Hall–Kier alpha value is 0.01000. The van der Waals surface area contributed by atoms with Gasteiger partial charge in [0.2, 0.25) is 0 Å². The molecule has 14 heavy (non-hydrogen) atoms. The molecule has 1 aromatic rings. The van der Waals surface area contributed by atoms with E-state index in [2.05, 4.69) is 53.3 Å². The highest BCUT2D eigenvalue weighted by molar-refractivity contribution is 9.10. The van der Waals surface area contributed by atoms with Crippen LogP contribution in [0.2, 0.25) is 0 Å². The van der Waals surface area contributed by atoms with Crippen molar-refractivity contribution >= 4 is 27.7 Å². The largest absolute Gasteiger partial charge is 0.313 e. The van der Waals surface area contributed by atoms with E-state index in [1.165, 1.54) is 14.9 Å². The van der Waals surface area contributed by atoms with Crippen molar-refractivity contribution in [3.8, 4) is 0 Å². The Morgan fingerprint density at radius 1 is 1.50 bits per heavy atom. The van der Waals surface area contributed by atoms with Crippen LogP contribution in [0.1, 0.15) is 25.5 Å². The van der Waals surface area contributed by atoms with Gasteiger partial charge >= 0.3 is 0 Å². The molecule has 0 spiro atoms. The minimum absolute atomic E-state index is 0.409. The monoisotopic (exact) mass is 273 g/mol. The summed E-state index contributed by atoms with van der Waals surface area (Å²) in [5.74, 6) is 1.11. The van der Waals surface area contributed by atoms with Crippen LogP contribution in [-0.4, -0.2) is 12.8 Å². The van der Waals surface area contributed by atoms with Crippen molar-refractivity contribution in [2.24, 2.45) is 0 Å². The third-order valence-electron chi connectivity index (χ3n) is 2.19. The van der Waals surface area contributed by atoms with Gasteiger partial charge < -0.3 is 5.32 Å². The van der Waals surface area contributed by atoms with Crippen molar-refractivity contribution < 1.29 is 0 Å². The Bertz CT molecular complexity index is 301. The predicted molar refractivity (Wildman–Crippen MR) is 68.0 cm³/mol. The van der Waals surface area contributed by atoms with Crippen molar-refractivity contribution in [3.05, 3.63) is 28.2 Å². The first-order valence-electron chi connectivity index (χ1n) is 4.78. The Balaban J connectivity index is 2.88. The standard InChI is InChI=1S/C11H16BrNS/c1-4-14-11-6-5-9(7-10(11)12)8(2)13-3/h5-8,13H,4H2,1-3H3. The maximum Gasteiger partial charge on any atom is 0.0314 e. The lowest BCUT2D eigenvalue weighted by Crippen LogP contribution is -2.12. The molecule has 1 unspecified atom stereocenters. The first kappa shape index (κ1) is 12.1. The molecule has 0 bridgehead atoms. The molecular weight excluding hydrogens is 258 g/mol. The van der Waals surface area contributed by atoms with E-state index in [9.17, 15) is 0 Å². The summed E-state index contributed by atoms with van der Waals surface area (Å²) in [4.78, 5) is 1.32. The minimum Gasteiger partial charge on any atom is -0.313 e. The lowest BCUT2D eigenvalue weighted by Gasteiger charge is -2.12. The molecule has 0 heterocycles. The zero-order valence-electron chi connectivity index (χ0n) is 8.80. The van der Waals surface area contributed by atoms with Crippen LogP contribution in [0.4, 0.5) is 0 Å². The van der Waals surface area contributed by atoms with Gasteiger partial charge in [-0.05, 0) is 53.4 Å². The van der Waals surface area contributed by atoms with E-state index in [0.29, 0.717) is 6.04 Å². The summed E-state index contributed by atoms with van der Waals surface area (Å²) in [6.45, 7) is 4.33. The van der Waals surface area contributed by atoms with Gasteiger partial charge in [0.05, 0.1) is 0 Å². The second kappa shape index (κ2) is 5.79. The van der Waals surface area contributed by atoms with Crippen LogP contribution < -0.4 is 5.32 Å². The fraction of sp³-hybridized carbons (Fsp3) is 0.455. The zero-order valence-corrected chi connectivity index (χ0v) is 11.2. The number of hydrogen-bond donors (Lipinski definition) is 1. The normalized spacial score (nSPS) is 12.9. The minimum atomic E-state index is 0.409. The molecule has 0 aromatic heterocycles. The Labute approximate surface area is 98.8 Å². The topological polar surface area (TPSA) is 12.0 Å². The zero-order chi connectivity index (χ0) is 10.6. The van der Waals surface area contributed by atoms with Gasteiger partial charge in [-0.15, -0.1) is 11.8 Å². The second-order valence-corrected chi connectivity index (χ2v) is 5.29. The van der Waals surface area contributed by atoms with Crippen LogP contribution in [0, 0.1) is 0 Å². The molecule has 0 aliphatic heterocycles. The fourth-order valence-corrected chi connectivity index (χ4v) is 2.64. The van der Waals surface area contributed by atoms with E-state index in [4.69, 9.17) is 0 Å². The second-order valence-electron chi connectivity index (χ2n) is 3.13. The van der Waals surface area contributed by atoms with Gasteiger partial charge in [-0.1, -0.05) is 13.0 Å². The van der Waals surface area contributed by atoms with E-state index in [0.717, 1.165) is 5.75 Å². The van der Waals surface area contributed by atoms with Crippen LogP contribution in [0.5, 0.6) is 0 Å². The van der Waals surface area contributed by atoms with Crippen molar-refractivity contribution in [1.29, 1.82) is 0 Å². The summed E-state index contributed by atoms with van der Waals surface area (Å²) in [5, 5.41) is 3.23. The highest BCUT2D eigenvalue weighted by Crippen LogP contribution is 2.29. The van der Waals surface area contributed by atoms with Crippen LogP contribution in [0.3, 0.4) is 0 Å². The van der Waals surface area contributed by atoms with Crippen LogP contribution in [0.25, 0.3) is 0 Å². The molecular formula is C11H16BrNS. The molecule has 0 aliphatic carbocycles. The quantitative estimate of drug-likeness (QED) is 0.837. The number of nitrogens with one attached hydrogen (secondary N) is 1. The van der Waals surface area contributed by atoms with Gasteiger partial charge in [-0.2, -0.15) is 0 Å². The van der Waals surface area contributed by atoms with E-state index in [1.807, 2.05) is 18.8 Å². The summed E-state index contributed by atoms with van der Waals surface area (Å²) in [6.07, 6.45) is 0. The molecule has 0 saturated carbocycles. The van der Waals surface area contributed by atoms with Crippen molar-refractivity contribution in [1.82, 2.24) is 5.32 Å². The molecule has 1 aromatic carbocycles. The lowest BCUT2D eigenvalue weighted by molar-refractivity contribution is 0.651. The summed E-state index contributed by atoms with van der Waals surface area (Å²) < 4.78 is 1.20. The van der Waals surface area contributed by atoms with Crippen LogP contribution in [0.15, 0.2) is 27.6 Å². The lowest BCUT2D eigenvalue weighted by atomic mass is 10.1. The molecule has 0 aliphatic rings. The van der Waals surface area contributed by atoms with E-state index >= 15 is 0 Å². The third kappa shape index (κ3) is 3.01. The molecule has 78 valence electrons. The van der Waals surface area contributed by atoms with Gasteiger partial charge in [0.25, 0.3) is 0 Å². The maximum absolute atomic E-state index is 3.60. The summed E-state index contributed by atoms with van der Waals surface area (Å²) in [5.41, 5.74) is 1.32. The molecule has 1 N–H and O–H groups in total. The molecule has 3 heteroatoms. The Kier molecular flexibility index (Phi) is 4.99. The average molecular weight is 274 g/mol. The van der Waals surface area contributed by atoms with E-state index in [-0.39, 0.29) is 0 Å². The van der Waals surface area contributed by atoms with Crippen molar-refractivity contribution in [2.75, 3.05) is 12.8 Å². The number of rotatable bonds is 4. The third-order valence-corrected chi connectivity index (χ3v) is 4.06. The Morgan fingerprint density at radius 3 is 2.71 bits per heavy atom. The number of hydrogen-bond acceptors (Lipinski definition) is 2. The first-order chi connectivity index (χ1) is 6.69. The molecule has 0 radical (unpaired) electrons. The fourth-order valence-electron chi connectivity index (χ4n) is 1.23. The van der Waals surface area contributed by atoms with Gasteiger partial charge in [0, 0.05) is 15.4 Å².